The van der Waals surface area contributed by atoms with E-state index >= 15 is 0 Å². The van der Waals surface area contributed by atoms with Gasteiger partial charge in [-0.2, -0.15) is 0 Å². The zero-order chi connectivity index (χ0) is 20.1. The first-order valence-electron chi connectivity index (χ1n) is 9.54. The summed E-state index contributed by atoms with van der Waals surface area (Å²) in [5.41, 5.74) is 3.76. The standard InChI is InChI=1S/C20H27ClN4O2S/c1-4-24-7-9-25(10-8-24)19-6-5-16(21)11-18(19)22-20(26)13-28-12-17-14(2)23-27-15(17)3/h5-6,11H,4,7-10,12-13H2,1-3H3,(H,22,26). The average Bonchev–Trinajstić information content (AvgIpc) is 3.00. The van der Waals surface area contributed by atoms with Crippen molar-refractivity contribution in [3.05, 3.63) is 40.2 Å². The molecule has 28 heavy (non-hydrogen) atoms. The number of piperazine rings is 1. The number of amides is 1. The molecule has 1 amide bonds. The highest BCUT2D eigenvalue weighted by molar-refractivity contribution is 7.99. The maximum Gasteiger partial charge on any atom is 0.234 e. The molecule has 0 radical (unpaired) electrons. The molecule has 0 atom stereocenters. The van der Waals surface area contributed by atoms with Crippen molar-refractivity contribution in [1.29, 1.82) is 0 Å². The molecule has 1 aliphatic heterocycles. The molecule has 2 heterocycles. The number of likely N-dealkylation sites (N-methyl/N-ethyl adjacent to an activating group) is 1. The van der Waals surface area contributed by atoms with Gasteiger partial charge in [-0.15, -0.1) is 11.8 Å². The van der Waals surface area contributed by atoms with Crippen molar-refractivity contribution < 1.29 is 9.32 Å². The molecule has 1 aromatic heterocycles. The van der Waals surface area contributed by atoms with E-state index in [1.165, 1.54) is 0 Å². The number of rotatable bonds is 7. The van der Waals surface area contributed by atoms with E-state index in [0.29, 0.717) is 16.5 Å². The second-order valence-electron chi connectivity index (χ2n) is 6.93. The van der Waals surface area contributed by atoms with Gasteiger partial charge in [0.1, 0.15) is 5.76 Å². The van der Waals surface area contributed by atoms with Crippen LogP contribution in [0.5, 0.6) is 0 Å². The topological polar surface area (TPSA) is 61.6 Å². The fourth-order valence-electron chi connectivity index (χ4n) is 3.33. The number of nitrogens with one attached hydrogen (secondary N) is 1. The Morgan fingerprint density at radius 3 is 2.68 bits per heavy atom. The molecule has 0 aliphatic carbocycles. The molecular formula is C20H27ClN4O2S. The van der Waals surface area contributed by atoms with Gasteiger partial charge in [-0.3, -0.25) is 4.79 Å². The van der Waals surface area contributed by atoms with E-state index in [1.54, 1.807) is 11.8 Å². The van der Waals surface area contributed by atoms with Gasteiger partial charge in [0.05, 0.1) is 22.8 Å². The summed E-state index contributed by atoms with van der Waals surface area (Å²) < 4.78 is 5.17. The number of anilines is 2. The number of halogens is 1. The molecular weight excluding hydrogens is 396 g/mol. The first-order valence-corrected chi connectivity index (χ1v) is 11.1. The molecule has 8 heteroatoms. The molecule has 2 aromatic rings. The van der Waals surface area contributed by atoms with E-state index in [9.17, 15) is 4.79 Å². The van der Waals surface area contributed by atoms with Gasteiger partial charge < -0.3 is 19.6 Å². The highest BCUT2D eigenvalue weighted by atomic mass is 35.5. The molecule has 0 saturated carbocycles. The summed E-state index contributed by atoms with van der Waals surface area (Å²) in [6, 6.07) is 5.71. The Bertz CT molecular complexity index is 799. The maximum absolute atomic E-state index is 12.5. The smallest absolute Gasteiger partial charge is 0.234 e. The molecule has 1 aromatic carbocycles. The summed E-state index contributed by atoms with van der Waals surface area (Å²) in [6.45, 7) is 11.0. The van der Waals surface area contributed by atoms with Crippen LogP contribution < -0.4 is 10.2 Å². The Morgan fingerprint density at radius 1 is 1.29 bits per heavy atom. The Morgan fingerprint density at radius 2 is 2.04 bits per heavy atom. The largest absolute Gasteiger partial charge is 0.367 e. The van der Waals surface area contributed by atoms with E-state index in [0.717, 1.165) is 61.1 Å². The second-order valence-corrected chi connectivity index (χ2v) is 8.35. The number of benzene rings is 1. The van der Waals surface area contributed by atoms with E-state index in [1.807, 2.05) is 32.0 Å². The molecule has 3 rings (SSSR count). The third kappa shape index (κ3) is 5.21. The van der Waals surface area contributed by atoms with E-state index < -0.39 is 0 Å². The van der Waals surface area contributed by atoms with Gasteiger partial charge in [-0.05, 0) is 38.6 Å². The van der Waals surface area contributed by atoms with Crippen LogP contribution in [0.2, 0.25) is 5.02 Å². The molecule has 1 saturated heterocycles. The predicted molar refractivity (Wildman–Crippen MR) is 117 cm³/mol. The monoisotopic (exact) mass is 422 g/mol. The van der Waals surface area contributed by atoms with Crippen LogP contribution in [0.25, 0.3) is 0 Å². The predicted octanol–water partition coefficient (Wildman–Crippen LogP) is 3.96. The van der Waals surface area contributed by atoms with Crippen molar-refractivity contribution in [3.8, 4) is 0 Å². The van der Waals surface area contributed by atoms with Crippen LogP contribution in [-0.4, -0.2) is 54.4 Å². The molecule has 0 spiro atoms. The third-order valence-corrected chi connectivity index (χ3v) is 6.25. The summed E-state index contributed by atoms with van der Waals surface area (Å²) >= 11 is 7.74. The van der Waals surface area contributed by atoms with Crippen molar-refractivity contribution in [2.45, 2.75) is 26.5 Å². The van der Waals surface area contributed by atoms with Gasteiger partial charge in [0.15, 0.2) is 0 Å². The second kappa shape index (κ2) is 9.67. The molecule has 0 bridgehead atoms. The number of thioether (sulfide) groups is 1. The SMILES string of the molecule is CCN1CCN(c2ccc(Cl)cc2NC(=O)CSCc2c(C)noc2C)CC1. The summed E-state index contributed by atoms with van der Waals surface area (Å²) in [4.78, 5) is 17.3. The quantitative estimate of drug-likeness (QED) is 0.728. The minimum atomic E-state index is -0.0347. The van der Waals surface area contributed by atoms with Gasteiger partial charge in [0.2, 0.25) is 5.91 Å². The van der Waals surface area contributed by atoms with Crippen LogP contribution in [0, 0.1) is 13.8 Å². The summed E-state index contributed by atoms with van der Waals surface area (Å²) in [7, 11) is 0. The fourth-order valence-corrected chi connectivity index (χ4v) is 4.48. The Kier molecular flexibility index (Phi) is 7.26. The van der Waals surface area contributed by atoms with Crippen LogP contribution in [0.3, 0.4) is 0 Å². The molecule has 1 N–H and O–H groups in total. The van der Waals surface area contributed by atoms with Crippen molar-refractivity contribution in [1.82, 2.24) is 10.1 Å². The van der Waals surface area contributed by atoms with Gasteiger partial charge >= 0.3 is 0 Å². The Hall–Kier alpha value is -1.70. The van der Waals surface area contributed by atoms with Crippen LogP contribution in [0.4, 0.5) is 11.4 Å². The number of nitrogens with zero attached hydrogens (tertiary/aromatic N) is 3. The van der Waals surface area contributed by atoms with Crippen LogP contribution in [0.15, 0.2) is 22.7 Å². The minimum absolute atomic E-state index is 0.0347. The number of hydrogen-bond acceptors (Lipinski definition) is 6. The highest BCUT2D eigenvalue weighted by Crippen LogP contribution is 2.30. The number of aromatic nitrogens is 1. The first kappa shape index (κ1) is 21.0. The zero-order valence-corrected chi connectivity index (χ0v) is 18.2. The normalized spacial score (nSPS) is 15.1. The highest BCUT2D eigenvalue weighted by Gasteiger charge is 2.19. The summed E-state index contributed by atoms with van der Waals surface area (Å²) in [5.74, 6) is 1.84. The lowest BCUT2D eigenvalue weighted by Gasteiger charge is -2.36. The number of carbonyl (C=O) groups is 1. The lowest BCUT2D eigenvalue weighted by molar-refractivity contribution is -0.113. The maximum atomic E-state index is 12.5. The average molecular weight is 423 g/mol. The number of carbonyl (C=O) groups excluding carboxylic acids is 1. The van der Waals surface area contributed by atoms with Gasteiger partial charge in [-0.25, -0.2) is 0 Å². The van der Waals surface area contributed by atoms with E-state index in [4.69, 9.17) is 16.1 Å². The summed E-state index contributed by atoms with van der Waals surface area (Å²) in [5, 5.41) is 7.62. The molecule has 0 unspecified atom stereocenters. The fraction of sp³-hybridized carbons (Fsp3) is 0.500. The lowest BCUT2D eigenvalue weighted by atomic mass is 10.2. The Labute approximate surface area is 175 Å². The third-order valence-electron chi connectivity index (χ3n) is 5.05. The molecule has 152 valence electrons. The van der Waals surface area contributed by atoms with Crippen LogP contribution in [-0.2, 0) is 10.5 Å². The molecule has 1 aliphatic rings. The van der Waals surface area contributed by atoms with Gasteiger partial charge in [0, 0.05) is 42.5 Å². The van der Waals surface area contributed by atoms with E-state index in [2.05, 4.69) is 27.2 Å². The van der Waals surface area contributed by atoms with Crippen molar-refractivity contribution in [3.63, 3.8) is 0 Å². The van der Waals surface area contributed by atoms with Crippen molar-refractivity contribution in [2.75, 3.05) is 48.7 Å². The van der Waals surface area contributed by atoms with Crippen LogP contribution >= 0.6 is 23.4 Å². The van der Waals surface area contributed by atoms with Crippen molar-refractivity contribution >= 4 is 40.6 Å². The van der Waals surface area contributed by atoms with Crippen LogP contribution in [0.1, 0.15) is 23.9 Å². The molecule has 6 nitrogen and oxygen atoms in total. The Balaban J connectivity index is 1.60. The summed E-state index contributed by atoms with van der Waals surface area (Å²) in [6.07, 6.45) is 0. The molecule has 1 fully saturated rings. The van der Waals surface area contributed by atoms with E-state index in [-0.39, 0.29) is 5.91 Å². The number of aryl methyl sites for hydroxylation is 2. The van der Waals surface area contributed by atoms with Crippen molar-refractivity contribution in [2.24, 2.45) is 0 Å². The lowest BCUT2D eigenvalue weighted by Crippen LogP contribution is -2.46. The number of hydrogen-bond donors (Lipinski definition) is 1. The van der Waals surface area contributed by atoms with Gasteiger partial charge in [-0.1, -0.05) is 23.7 Å². The minimum Gasteiger partial charge on any atom is -0.367 e. The zero-order valence-electron chi connectivity index (χ0n) is 16.6. The van der Waals surface area contributed by atoms with Gasteiger partial charge in [0.25, 0.3) is 0 Å². The first-order chi connectivity index (χ1) is 13.5.